The van der Waals surface area contributed by atoms with Gasteiger partial charge in [-0.3, -0.25) is 4.79 Å². The number of aliphatic hydroxyl groups is 1. The van der Waals surface area contributed by atoms with Gasteiger partial charge in [0.2, 0.25) is 0 Å². The smallest absolute Gasteiger partial charge is 0.254 e. The zero-order valence-corrected chi connectivity index (χ0v) is 18.0. The molecule has 0 radical (unpaired) electrons. The maximum absolute atomic E-state index is 13.4. The van der Waals surface area contributed by atoms with Gasteiger partial charge in [-0.25, -0.2) is 0 Å². The van der Waals surface area contributed by atoms with Crippen LogP contribution in [0.3, 0.4) is 0 Å². The molecule has 0 saturated heterocycles. The van der Waals surface area contributed by atoms with Gasteiger partial charge < -0.3 is 10.0 Å². The number of nitrogens with zero attached hydrogens (tertiary/aromatic N) is 1. The van der Waals surface area contributed by atoms with Crippen molar-refractivity contribution in [3.63, 3.8) is 0 Å². The van der Waals surface area contributed by atoms with E-state index >= 15 is 0 Å². The van der Waals surface area contributed by atoms with Crippen LogP contribution in [-0.4, -0.2) is 29.0 Å². The normalized spacial score (nSPS) is 13.4. The van der Waals surface area contributed by atoms with Crippen LogP contribution in [-0.2, 0) is 6.61 Å². The average Bonchev–Trinajstić information content (AvgIpc) is 2.72. The van der Waals surface area contributed by atoms with Gasteiger partial charge in [-0.05, 0) is 36.3 Å². The van der Waals surface area contributed by atoms with Gasteiger partial charge in [0.1, 0.15) is 0 Å². The van der Waals surface area contributed by atoms with Crippen molar-refractivity contribution in [3.05, 3.63) is 35.4 Å². The zero-order valence-electron chi connectivity index (χ0n) is 18.0. The predicted octanol–water partition coefficient (Wildman–Crippen LogP) is 6.05. The van der Waals surface area contributed by atoms with Gasteiger partial charge in [0, 0.05) is 18.7 Å². The minimum Gasteiger partial charge on any atom is -0.392 e. The van der Waals surface area contributed by atoms with Crippen molar-refractivity contribution < 1.29 is 9.90 Å². The summed E-state index contributed by atoms with van der Waals surface area (Å²) in [7, 11) is 0. The average molecular weight is 376 g/mol. The molecule has 0 fully saturated rings. The first-order chi connectivity index (χ1) is 13.1. The highest BCUT2D eigenvalue weighted by atomic mass is 16.3. The Morgan fingerprint density at radius 2 is 1.44 bits per heavy atom. The van der Waals surface area contributed by atoms with E-state index in [1.165, 1.54) is 38.5 Å². The third-order valence-corrected chi connectivity index (χ3v) is 5.75. The first kappa shape index (κ1) is 23.7. The van der Waals surface area contributed by atoms with E-state index in [2.05, 4.69) is 32.6 Å². The number of aliphatic hydroxyl groups excluding tert-OH is 1. The van der Waals surface area contributed by atoms with Crippen LogP contribution in [0.5, 0.6) is 0 Å². The third kappa shape index (κ3) is 8.04. The molecule has 1 aromatic carbocycles. The van der Waals surface area contributed by atoms with Crippen LogP contribution in [0.2, 0.25) is 0 Å². The summed E-state index contributed by atoms with van der Waals surface area (Å²) in [5.41, 5.74) is 1.39. The van der Waals surface area contributed by atoms with Crippen molar-refractivity contribution in [1.29, 1.82) is 0 Å². The van der Waals surface area contributed by atoms with Gasteiger partial charge in [0.15, 0.2) is 0 Å². The van der Waals surface area contributed by atoms with E-state index in [1.54, 1.807) is 0 Å². The summed E-state index contributed by atoms with van der Waals surface area (Å²) in [6, 6.07) is 7.50. The Morgan fingerprint density at radius 3 is 1.89 bits per heavy atom. The van der Waals surface area contributed by atoms with Gasteiger partial charge in [0.05, 0.1) is 6.61 Å². The first-order valence-corrected chi connectivity index (χ1v) is 11.1. The van der Waals surface area contributed by atoms with Crippen LogP contribution in [0.15, 0.2) is 24.3 Å². The summed E-state index contributed by atoms with van der Waals surface area (Å²) in [5.74, 6) is 1.20. The molecule has 3 nitrogen and oxygen atoms in total. The van der Waals surface area contributed by atoms with Crippen LogP contribution < -0.4 is 0 Å². The van der Waals surface area contributed by atoms with Crippen molar-refractivity contribution in [1.82, 2.24) is 4.90 Å². The number of hydrogen-bond acceptors (Lipinski definition) is 2. The van der Waals surface area contributed by atoms with Crippen LogP contribution in [0.25, 0.3) is 0 Å². The molecule has 0 aliphatic rings. The SMILES string of the molecule is CCCCC(CC)CN(CC(CC)CCCC)C(=O)c1ccccc1CO. The van der Waals surface area contributed by atoms with Crippen molar-refractivity contribution in [2.24, 2.45) is 11.8 Å². The Balaban J connectivity index is 3.01. The Labute approximate surface area is 167 Å². The molecule has 0 aromatic heterocycles. The summed E-state index contributed by atoms with van der Waals surface area (Å²) < 4.78 is 0. The van der Waals surface area contributed by atoms with E-state index in [9.17, 15) is 9.90 Å². The molecular formula is C24H41NO2. The molecule has 0 saturated carbocycles. The fraction of sp³-hybridized carbons (Fsp3) is 0.708. The number of benzene rings is 1. The van der Waals surface area contributed by atoms with Crippen LogP contribution in [0.4, 0.5) is 0 Å². The third-order valence-electron chi connectivity index (χ3n) is 5.75. The minimum atomic E-state index is -0.0875. The number of unbranched alkanes of at least 4 members (excludes halogenated alkanes) is 2. The number of amides is 1. The lowest BCUT2D eigenvalue weighted by molar-refractivity contribution is 0.0681. The summed E-state index contributed by atoms with van der Waals surface area (Å²) in [5, 5.41) is 9.67. The van der Waals surface area contributed by atoms with E-state index in [1.807, 2.05) is 24.3 Å². The summed E-state index contributed by atoms with van der Waals surface area (Å²) in [6.07, 6.45) is 9.43. The van der Waals surface area contributed by atoms with Crippen LogP contribution in [0, 0.1) is 11.8 Å². The van der Waals surface area contributed by atoms with Gasteiger partial charge >= 0.3 is 0 Å². The molecule has 1 aromatic rings. The van der Waals surface area contributed by atoms with Crippen molar-refractivity contribution in [2.75, 3.05) is 13.1 Å². The van der Waals surface area contributed by atoms with E-state index in [0.717, 1.165) is 31.5 Å². The molecule has 0 aliphatic carbocycles. The molecular weight excluding hydrogens is 334 g/mol. The standard InChI is InChI=1S/C24H41NO2/c1-5-9-13-20(7-3)17-25(18-21(8-4)14-10-6-2)24(27)23-16-12-11-15-22(23)19-26/h11-12,15-16,20-21,26H,5-10,13-14,17-19H2,1-4H3. The number of rotatable bonds is 14. The predicted molar refractivity (Wildman–Crippen MR) is 115 cm³/mol. The highest BCUT2D eigenvalue weighted by Crippen LogP contribution is 2.22. The molecule has 2 unspecified atom stereocenters. The Kier molecular flexibility index (Phi) is 12.1. The van der Waals surface area contributed by atoms with Crippen molar-refractivity contribution in [3.8, 4) is 0 Å². The summed E-state index contributed by atoms with van der Waals surface area (Å²) in [4.78, 5) is 15.5. The lowest BCUT2D eigenvalue weighted by atomic mass is 9.95. The Bertz CT molecular complexity index is 511. The van der Waals surface area contributed by atoms with E-state index in [0.29, 0.717) is 17.4 Å². The number of carbonyl (C=O) groups is 1. The van der Waals surface area contributed by atoms with E-state index < -0.39 is 0 Å². The highest BCUT2D eigenvalue weighted by Gasteiger charge is 2.23. The summed E-state index contributed by atoms with van der Waals surface area (Å²) in [6.45, 7) is 10.5. The van der Waals surface area contributed by atoms with E-state index in [-0.39, 0.29) is 12.5 Å². The fourth-order valence-corrected chi connectivity index (χ4v) is 3.74. The molecule has 0 bridgehead atoms. The first-order valence-electron chi connectivity index (χ1n) is 11.1. The second-order valence-electron chi connectivity index (χ2n) is 7.86. The molecule has 3 heteroatoms. The van der Waals surface area contributed by atoms with Crippen molar-refractivity contribution >= 4 is 5.91 Å². The topological polar surface area (TPSA) is 40.5 Å². The monoisotopic (exact) mass is 375 g/mol. The van der Waals surface area contributed by atoms with Gasteiger partial charge in [-0.1, -0.05) is 84.4 Å². The maximum atomic E-state index is 13.4. The molecule has 0 heterocycles. The van der Waals surface area contributed by atoms with Gasteiger partial charge in [0.25, 0.3) is 5.91 Å². The fourth-order valence-electron chi connectivity index (χ4n) is 3.74. The highest BCUT2D eigenvalue weighted by molar-refractivity contribution is 5.95. The van der Waals surface area contributed by atoms with Crippen molar-refractivity contribution in [2.45, 2.75) is 85.7 Å². The minimum absolute atomic E-state index is 0.0875. The number of hydrogen-bond donors (Lipinski definition) is 1. The van der Waals surface area contributed by atoms with Crippen LogP contribution in [0.1, 0.15) is 95.0 Å². The molecule has 154 valence electrons. The zero-order chi connectivity index (χ0) is 20.1. The second kappa shape index (κ2) is 13.8. The maximum Gasteiger partial charge on any atom is 0.254 e. The molecule has 1 amide bonds. The Hall–Kier alpha value is -1.35. The number of carbonyl (C=O) groups excluding carboxylic acids is 1. The molecule has 0 spiro atoms. The van der Waals surface area contributed by atoms with Gasteiger partial charge in [-0.15, -0.1) is 0 Å². The quantitative estimate of drug-likeness (QED) is 0.430. The summed E-state index contributed by atoms with van der Waals surface area (Å²) >= 11 is 0. The largest absolute Gasteiger partial charge is 0.392 e. The lowest BCUT2D eigenvalue weighted by Crippen LogP contribution is -2.39. The molecule has 2 atom stereocenters. The second-order valence-corrected chi connectivity index (χ2v) is 7.86. The molecule has 27 heavy (non-hydrogen) atoms. The molecule has 1 N–H and O–H groups in total. The molecule has 1 rings (SSSR count). The molecule has 0 aliphatic heterocycles. The lowest BCUT2D eigenvalue weighted by Gasteiger charge is -2.31. The van der Waals surface area contributed by atoms with Gasteiger partial charge in [-0.2, -0.15) is 0 Å². The Morgan fingerprint density at radius 1 is 0.926 bits per heavy atom. The van der Waals surface area contributed by atoms with Crippen LogP contribution >= 0.6 is 0 Å². The van der Waals surface area contributed by atoms with E-state index in [4.69, 9.17) is 0 Å².